The van der Waals surface area contributed by atoms with Gasteiger partial charge in [-0.05, 0) is 54.4 Å². The average Bonchev–Trinajstić information content (AvgIpc) is 3.30. The number of carboxylic acids is 1. The van der Waals surface area contributed by atoms with Crippen molar-refractivity contribution in [3.05, 3.63) is 107 Å². The molecule has 9 nitrogen and oxygen atoms in total. The van der Waals surface area contributed by atoms with E-state index in [-0.39, 0.29) is 47.4 Å². The van der Waals surface area contributed by atoms with Gasteiger partial charge in [0.2, 0.25) is 5.88 Å². The number of fused-ring (bicyclic) bond motifs is 1. The number of ether oxygens (including phenoxy) is 2. The maximum absolute atomic E-state index is 15.4. The molecular formula is C31H23F2N5O4. The Morgan fingerprint density at radius 2 is 1.93 bits per heavy atom. The molecule has 2 aromatic carbocycles. The zero-order valence-corrected chi connectivity index (χ0v) is 22.1. The lowest BCUT2D eigenvalue weighted by Gasteiger charge is -2.27. The Morgan fingerprint density at radius 1 is 1.07 bits per heavy atom. The molecule has 0 radical (unpaired) electrons. The maximum atomic E-state index is 15.4. The van der Waals surface area contributed by atoms with Crippen molar-refractivity contribution in [2.75, 3.05) is 6.61 Å². The first-order valence-electron chi connectivity index (χ1n) is 13.2. The van der Waals surface area contributed by atoms with Crippen LogP contribution < -0.4 is 4.74 Å². The van der Waals surface area contributed by atoms with Crippen LogP contribution in [0.3, 0.4) is 0 Å². The Kier molecular flexibility index (Phi) is 7.29. The van der Waals surface area contributed by atoms with Crippen molar-refractivity contribution in [2.24, 2.45) is 0 Å². The summed E-state index contributed by atoms with van der Waals surface area (Å²) in [5.41, 5.74) is 2.65. The third kappa shape index (κ3) is 5.53. The number of carboxylic acid groups (broad SMARTS) is 1. The molecule has 3 aromatic heterocycles. The summed E-state index contributed by atoms with van der Waals surface area (Å²) in [6.07, 6.45) is 1.14. The van der Waals surface area contributed by atoms with Gasteiger partial charge in [-0.3, -0.25) is 0 Å². The lowest BCUT2D eigenvalue weighted by atomic mass is 10.1. The number of rotatable bonds is 9. The number of halogens is 2. The number of nitriles is 1. The predicted molar refractivity (Wildman–Crippen MR) is 147 cm³/mol. The zero-order chi connectivity index (χ0) is 29.2. The number of imidazole rings is 1. The molecule has 0 unspecified atom stereocenters. The van der Waals surface area contributed by atoms with E-state index in [9.17, 15) is 14.3 Å². The topological polar surface area (TPSA) is 123 Å². The lowest BCUT2D eigenvalue weighted by Crippen LogP contribution is -2.32. The number of carbonyl (C=O) groups is 1. The fourth-order valence-corrected chi connectivity index (χ4v) is 4.72. The number of hydrogen-bond acceptors (Lipinski definition) is 7. The number of aromatic nitrogens is 4. The quantitative estimate of drug-likeness (QED) is 0.255. The first kappa shape index (κ1) is 27.0. The number of hydrogen-bond donors (Lipinski definition) is 1. The molecule has 0 bridgehead atoms. The van der Waals surface area contributed by atoms with E-state index in [1.165, 1.54) is 24.3 Å². The maximum Gasteiger partial charge on any atom is 0.354 e. The van der Waals surface area contributed by atoms with Gasteiger partial charge in [0.1, 0.15) is 29.6 Å². The van der Waals surface area contributed by atoms with E-state index in [0.29, 0.717) is 41.4 Å². The molecule has 42 heavy (non-hydrogen) atoms. The molecule has 1 saturated heterocycles. The first-order valence-corrected chi connectivity index (χ1v) is 13.2. The van der Waals surface area contributed by atoms with Crippen LogP contribution in [0.25, 0.3) is 22.4 Å². The first-order chi connectivity index (χ1) is 20.4. The highest BCUT2D eigenvalue weighted by atomic mass is 19.1. The Hall–Kier alpha value is -5.21. The Morgan fingerprint density at radius 3 is 2.64 bits per heavy atom. The fourth-order valence-electron chi connectivity index (χ4n) is 4.72. The minimum absolute atomic E-state index is 0.0236. The summed E-state index contributed by atoms with van der Waals surface area (Å²) in [5, 5.41) is 18.3. The molecule has 1 aliphatic heterocycles. The number of benzene rings is 2. The molecule has 0 spiro atoms. The van der Waals surface area contributed by atoms with Gasteiger partial charge in [-0.2, -0.15) is 5.26 Å². The van der Waals surface area contributed by atoms with Gasteiger partial charge in [0.05, 0.1) is 30.0 Å². The average molecular weight is 568 g/mol. The van der Waals surface area contributed by atoms with E-state index < -0.39 is 17.6 Å². The molecule has 1 N–H and O–H groups in total. The predicted octanol–water partition coefficient (Wildman–Crippen LogP) is 5.30. The van der Waals surface area contributed by atoms with Gasteiger partial charge >= 0.3 is 5.97 Å². The molecule has 1 aliphatic rings. The second-order valence-corrected chi connectivity index (χ2v) is 9.82. The van der Waals surface area contributed by atoms with E-state index in [1.54, 1.807) is 36.4 Å². The SMILES string of the molecule is N#Cc1ccc(COc2cccc(-c3ccc(Cc4nc5ccc(C(=O)O)nc5n4C[C@@H]4CCO4)cc3F)n2)c(F)c1. The van der Waals surface area contributed by atoms with Crippen LogP contribution in [0.15, 0.2) is 66.7 Å². The largest absolute Gasteiger partial charge is 0.477 e. The zero-order valence-electron chi connectivity index (χ0n) is 22.1. The van der Waals surface area contributed by atoms with Gasteiger partial charge in [-0.25, -0.2) is 28.5 Å². The van der Waals surface area contributed by atoms with Crippen LogP contribution in [0.5, 0.6) is 5.88 Å². The van der Waals surface area contributed by atoms with Crippen LogP contribution >= 0.6 is 0 Å². The molecule has 4 heterocycles. The lowest BCUT2D eigenvalue weighted by molar-refractivity contribution is -0.0590. The second-order valence-electron chi connectivity index (χ2n) is 9.82. The monoisotopic (exact) mass is 567 g/mol. The molecule has 6 rings (SSSR count). The van der Waals surface area contributed by atoms with Crippen LogP contribution in [0.4, 0.5) is 8.78 Å². The molecule has 0 aliphatic carbocycles. The van der Waals surface area contributed by atoms with Crippen molar-refractivity contribution in [3.8, 4) is 23.2 Å². The second kappa shape index (κ2) is 11.3. The standard InChI is InChI=1S/C31H23F2N5O4/c32-23-13-19(15-34)4-6-20(23)17-42-29-3-1-2-25(36-29)22-7-5-18(12-24(22)33)14-28-35-26-8-9-27(31(39)40)37-30(26)38(28)16-21-10-11-41-21/h1-9,12-13,21H,10-11,14,16-17H2,(H,39,40)/t21-/m0/s1. The van der Waals surface area contributed by atoms with Gasteiger partial charge in [0.15, 0.2) is 11.3 Å². The summed E-state index contributed by atoms with van der Waals surface area (Å²) < 4.78 is 42.7. The summed E-state index contributed by atoms with van der Waals surface area (Å²) >= 11 is 0. The molecule has 0 saturated carbocycles. The molecule has 0 amide bonds. The number of aromatic carboxylic acids is 1. The van der Waals surface area contributed by atoms with Gasteiger partial charge in [-0.1, -0.05) is 18.2 Å². The minimum Gasteiger partial charge on any atom is -0.477 e. The van der Waals surface area contributed by atoms with Crippen LogP contribution in [0.1, 0.15) is 39.4 Å². The highest BCUT2D eigenvalue weighted by Gasteiger charge is 2.23. The van der Waals surface area contributed by atoms with Crippen molar-refractivity contribution >= 4 is 17.1 Å². The number of nitrogens with zero attached hydrogens (tertiary/aromatic N) is 5. The Balaban J connectivity index is 1.23. The highest BCUT2D eigenvalue weighted by Crippen LogP contribution is 2.27. The third-order valence-corrected chi connectivity index (χ3v) is 7.02. The fraction of sp³-hybridized carbons (Fsp3) is 0.194. The van der Waals surface area contributed by atoms with Gasteiger partial charge in [0.25, 0.3) is 0 Å². The minimum atomic E-state index is -1.13. The van der Waals surface area contributed by atoms with Gasteiger partial charge in [-0.15, -0.1) is 0 Å². The third-order valence-electron chi connectivity index (χ3n) is 7.02. The van der Waals surface area contributed by atoms with Crippen LogP contribution in [-0.4, -0.2) is 43.3 Å². The molecule has 1 atom stereocenters. The summed E-state index contributed by atoms with van der Waals surface area (Å²) in [5.74, 6) is -1.37. The summed E-state index contributed by atoms with van der Waals surface area (Å²) in [6.45, 7) is 1.02. The van der Waals surface area contributed by atoms with Crippen LogP contribution in [0, 0.1) is 23.0 Å². The number of pyridine rings is 2. The highest BCUT2D eigenvalue weighted by molar-refractivity contribution is 5.88. The summed E-state index contributed by atoms with van der Waals surface area (Å²) in [7, 11) is 0. The van der Waals surface area contributed by atoms with Crippen molar-refractivity contribution in [1.29, 1.82) is 5.26 Å². The Bertz CT molecular complexity index is 1860. The Labute approximate surface area is 238 Å². The molecule has 11 heteroatoms. The van der Waals surface area contributed by atoms with Crippen molar-refractivity contribution in [2.45, 2.75) is 32.1 Å². The van der Waals surface area contributed by atoms with E-state index in [1.807, 2.05) is 10.6 Å². The molecule has 5 aromatic rings. The van der Waals surface area contributed by atoms with Crippen LogP contribution in [0.2, 0.25) is 0 Å². The summed E-state index contributed by atoms with van der Waals surface area (Å²) in [4.78, 5) is 24.8. The van der Waals surface area contributed by atoms with E-state index >= 15 is 4.39 Å². The van der Waals surface area contributed by atoms with E-state index in [0.717, 1.165) is 12.5 Å². The van der Waals surface area contributed by atoms with E-state index in [2.05, 4.69) is 15.0 Å². The van der Waals surface area contributed by atoms with Crippen molar-refractivity contribution < 1.29 is 28.2 Å². The van der Waals surface area contributed by atoms with Gasteiger partial charge < -0.3 is 19.1 Å². The van der Waals surface area contributed by atoms with Crippen molar-refractivity contribution in [1.82, 2.24) is 19.5 Å². The van der Waals surface area contributed by atoms with Crippen molar-refractivity contribution in [3.63, 3.8) is 0 Å². The normalized spacial score (nSPS) is 14.4. The summed E-state index contributed by atoms with van der Waals surface area (Å²) in [6, 6.07) is 18.8. The van der Waals surface area contributed by atoms with Crippen LogP contribution in [-0.2, 0) is 24.3 Å². The molecule has 1 fully saturated rings. The molecular weight excluding hydrogens is 544 g/mol. The van der Waals surface area contributed by atoms with E-state index in [4.69, 9.17) is 14.7 Å². The smallest absolute Gasteiger partial charge is 0.354 e. The molecule has 210 valence electrons. The van der Waals surface area contributed by atoms with Gasteiger partial charge in [0, 0.05) is 30.2 Å².